The fraction of sp³-hybridized carbons (Fsp3) is 0.512. The Labute approximate surface area is 292 Å². The van der Waals surface area contributed by atoms with Crippen molar-refractivity contribution in [1.82, 2.24) is 4.98 Å². The van der Waals surface area contributed by atoms with Gasteiger partial charge in [-0.25, -0.2) is 0 Å². The molecule has 0 saturated heterocycles. The van der Waals surface area contributed by atoms with Crippen LogP contribution in [-0.4, -0.2) is 18.2 Å². The van der Waals surface area contributed by atoms with Gasteiger partial charge < -0.3 is 20.5 Å². The Morgan fingerprint density at radius 2 is 1.02 bits per heavy atom. The molecule has 4 rings (SSSR count). The first-order valence-electron chi connectivity index (χ1n) is 18.9. The van der Waals surface area contributed by atoms with Crippen LogP contribution in [0.25, 0.3) is 10.9 Å². The Kier molecular flexibility index (Phi) is 20.6. The number of nitrogens with zero attached hydrogens (tertiary/aromatic N) is 1. The smallest absolute Gasteiger partial charge is 0.119 e. The van der Waals surface area contributed by atoms with Crippen molar-refractivity contribution in [3.05, 3.63) is 96.2 Å². The fourth-order valence-corrected chi connectivity index (χ4v) is 5.72. The molecule has 0 spiro atoms. The van der Waals surface area contributed by atoms with Crippen LogP contribution in [-0.2, 0) is 13.1 Å². The van der Waals surface area contributed by atoms with E-state index in [4.69, 9.17) is 15.2 Å². The molecule has 1 heterocycles. The van der Waals surface area contributed by atoms with Crippen molar-refractivity contribution in [2.75, 3.05) is 18.5 Å². The molecule has 0 aliphatic heterocycles. The summed E-state index contributed by atoms with van der Waals surface area (Å²) in [4.78, 5) is 4.42. The lowest BCUT2D eigenvalue weighted by Crippen LogP contribution is -2.01. The van der Waals surface area contributed by atoms with Gasteiger partial charge in [-0.1, -0.05) is 146 Å². The summed E-state index contributed by atoms with van der Waals surface area (Å²) in [7, 11) is 0. The number of rotatable bonds is 24. The van der Waals surface area contributed by atoms with Crippen LogP contribution in [0.4, 0.5) is 5.69 Å². The van der Waals surface area contributed by atoms with E-state index in [9.17, 15) is 0 Å². The molecule has 4 aromatic rings. The molecule has 5 heteroatoms. The maximum absolute atomic E-state index is 5.90. The first kappa shape index (κ1) is 38.9. The molecular weight excluding hydrogens is 590 g/mol. The monoisotopic (exact) mass is 653 g/mol. The predicted octanol–water partition coefficient (Wildman–Crippen LogP) is 12.0. The second-order valence-corrected chi connectivity index (χ2v) is 12.9. The van der Waals surface area contributed by atoms with Crippen molar-refractivity contribution in [3.8, 4) is 11.5 Å². The Bertz CT molecular complexity index is 1340. The molecule has 3 aromatic carbocycles. The van der Waals surface area contributed by atoms with Crippen LogP contribution in [0.5, 0.6) is 11.5 Å². The normalized spacial score (nSPS) is 10.8. The summed E-state index contributed by atoms with van der Waals surface area (Å²) in [5.41, 5.74) is 10.1. The number of nitrogens with two attached hydrogens (primary N) is 1. The van der Waals surface area contributed by atoms with Gasteiger partial charge in [-0.3, -0.25) is 4.98 Å². The van der Waals surface area contributed by atoms with Gasteiger partial charge in [0.15, 0.2) is 0 Å². The number of para-hydroxylation sites is 1. The predicted molar refractivity (Wildman–Crippen MR) is 206 cm³/mol. The summed E-state index contributed by atoms with van der Waals surface area (Å²) >= 11 is 0. The third-order valence-electron chi connectivity index (χ3n) is 8.75. The Hall–Kier alpha value is -3.57. The Morgan fingerprint density at radius 1 is 0.542 bits per heavy atom. The van der Waals surface area contributed by atoms with Crippen molar-refractivity contribution in [1.29, 1.82) is 0 Å². The van der Waals surface area contributed by atoms with Gasteiger partial charge in [-0.15, -0.1) is 0 Å². The van der Waals surface area contributed by atoms with Crippen LogP contribution in [0.1, 0.15) is 128 Å². The van der Waals surface area contributed by atoms with Crippen molar-refractivity contribution in [3.63, 3.8) is 0 Å². The highest BCUT2D eigenvalue weighted by atomic mass is 16.5. The number of benzene rings is 3. The zero-order valence-electron chi connectivity index (χ0n) is 30.1. The summed E-state index contributed by atoms with van der Waals surface area (Å²) < 4.78 is 11.6. The number of aromatic nitrogens is 1. The second-order valence-electron chi connectivity index (χ2n) is 12.9. The lowest BCUT2D eigenvalue weighted by molar-refractivity contribution is 0.304. The van der Waals surface area contributed by atoms with Crippen molar-refractivity contribution < 1.29 is 9.47 Å². The second kappa shape index (κ2) is 25.4. The van der Waals surface area contributed by atoms with Gasteiger partial charge in [-0.05, 0) is 60.4 Å². The number of nitrogens with one attached hydrogen (secondary N) is 1. The Balaban J connectivity index is 0.000000286. The van der Waals surface area contributed by atoms with Crippen LogP contribution in [0.2, 0.25) is 0 Å². The number of ether oxygens (including phenoxy) is 2. The van der Waals surface area contributed by atoms with Crippen LogP contribution in [0.15, 0.2) is 85.1 Å². The van der Waals surface area contributed by atoms with E-state index in [-0.39, 0.29) is 0 Å². The molecule has 1 aromatic heterocycles. The third-order valence-corrected chi connectivity index (χ3v) is 8.75. The molecule has 0 aliphatic rings. The van der Waals surface area contributed by atoms with Crippen LogP contribution in [0.3, 0.4) is 0 Å². The van der Waals surface area contributed by atoms with E-state index in [0.717, 1.165) is 66.3 Å². The summed E-state index contributed by atoms with van der Waals surface area (Å²) in [5.74, 6) is 1.92. The lowest BCUT2D eigenvalue weighted by Gasteiger charge is -2.10. The minimum Gasteiger partial charge on any atom is -0.494 e. The molecular formula is C43H63N3O2. The zero-order valence-corrected chi connectivity index (χ0v) is 30.1. The summed E-state index contributed by atoms with van der Waals surface area (Å²) in [6.45, 7) is 7.55. The van der Waals surface area contributed by atoms with E-state index in [2.05, 4.69) is 54.5 Å². The number of pyridine rings is 1. The SMILES string of the molecule is CCCCCCCCCCOc1ccc(CN)cc1.CCCCCCCCCCOc1ccc(CNc2ccnc3ccccc23)cc1. The first-order valence-corrected chi connectivity index (χ1v) is 18.9. The van der Waals surface area contributed by atoms with Gasteiger partial charge >= 0.3 is 0 Å². The maximum atomic E-state index is 5.90. The summed E-state index contributed by atoms with van der Waals surface area (Å²) in [6, 6.07) is 26.7. The average molecular weight is 654 g/mol. The zero-order chi connectivity index (χ0) is 33.9. The van der Waals surface area contributed by atoms with Crippen molar-refractivity contribution >= 4 is 16.6 Å². The van der Waals surface area contributed by atoms with Crippen molar-refractivity contribution in [2.24, 2.45) is 5.73 Å². The highest BCUT2D eigenvalue weighted by Gasteiger charge is 2.02. The van der Waals surface area contributed by atoms with E-state index in [0.29, 0.717) is 6.54 Å². The molecule has 0 amide bonds. The Morgan fingerprint density at radius 3 is 1.54 bits per heavy atom. The minimum atomic E-state index is 0.596. The van der Waals surface area contributed by atoms with E-state index in [1.165, 1.54) is 95.5 Å². The van der Waals surface area contributed by atoms with Crippen LogP contribution in [0, 0.1) is 0 Å². The first-order chi connectivity index (χ1) is 23.7. The van der Waals surface area contributed by atoms with Gasteiger partial charge in [0.2, 0.25) is 0 Å². The topological polar surface area (TPSA) is 69.4 Å². The molecule has 0 bridgehead atoms. The number of anilines is 1. The average Bonchev–Trinajstić information content (AvgIpc) is 3.13. The molecule has 0 radical (unpaired) electrons. The van der Waals surface area contributed by atoms with E-state index >= 15 is 0 Å². The highest BCUT2D eigenvalue weighted by Crippen LogP contribution is 2.22. The van der Waals surface area contributed by atoms with E-state index in [1.54, 1.807) is 0 Å². The van der Waals surface area contributed by atoms with Gasteiger partial charge in [0.1, 0.15) is 11.5 Å². The van der Waals surface area contributed by atoms with Crippen LogP contribution < -0.4 is 20.5 Å². The van der Waals surface area contributed by atoms with E-state index in [1.807, 2.05) is 54.7 Å². The minimum absolute atomic E-state index is 0.596. The number of fused-ring (bicyclic) bond motifs is 1. The molecule has 5 nitrogen and oxygen atoms in total. The van der Waals surface area contributed by atoms with Crippen LogP contribution >= 0.6 is 0 Å². The molecule has 0 fully saturated rings. The number of unbranched alkanes of at least 4 members (excludes halogenated alkanes) is 14. The van der Waals surface area contributed by atoms with Gasteiger partial charge in [0.25, 0.3) is 0 Å². The molecule has 3 N–H and O–H groups in total. The standard InChI is InChI=1S/C26H34N2O.C17H29NO/c1-2-3-4-5-6-7-8-11-20-29-23-16-14-22(15-17-23)21-28-26-18-19-27-25-13-10-9-12-24(25)26;1-2-3-4-5-6-7-8-9-14-19-17-12-10-16(15-18)11-13-17/h9-10,12-19H,2-8,11,20-21H2,1H3,(H,27,28);10-13H,2-9,14-15,18H2,1H3. The van der Waals surface area contributed by atoms with E-state index < -0.39 is 0 Å². The lowest BCUT2D eigenvalue weighted by atomic mass is 10.1. The van der Waals surface area contributed by atoms with Gasteiger partial charge in [-0.2, -0.15) is 0 Å². The molecule has 0 aliphatic carbocycles. The number of hydrogen-bond donors (Lipinski definition) is 2. The quantitative estimate of drug-likeness (QED) is 0.0736. The van der Waals surface area contributed by atoms with Gasteiger partial charge in [0, 0.05) is 30.4 Å². The fourth-order valence-electron chi connectivity index (χ4n) is 5.72. The van der Waals surface area contributed by atoms with Gasteiger partial charge in [0.05, 0.1) is 18.7 Å². The summed E-state index contributed by atoms with van der Waals surface area (Å²) in [6.07, 6.45) is 23.2. The largest absolute Gasteiger partial charge is 0.494 e. The highest BCUT2D eigenvalue weighted by molar-refractivity contribution is 5.90. The molecule has 48 heavy (non-hydrogen) atoms. The number of hydrogen-bond acceptors (Lipinski definition) is 5. The summed E-state index contributed by atoms with van der Waals surface area (Å²) in [5, 5.41) is 4.68. The third kappa shape index (κ3) is 16.5. The molecule has 0 saturated carbocycles. The maximum Gasteiger partial charge on any atom is 0.119 e. The van der Waals surface area contributed by atoms with Crippen molar-refractivity contribution in [2.45, 2.75) is 130 Å². The molecule has 0 atom stereocenters. The molecule has 0 unspecified atom stereocenters. The molecule has 262 valence electrons.